The van der Waals surface area contributed by atoms with Crippen LogP contribution < -0.4 is 10.5 Å². The highest BCUT2D eigenvalue weighted by molar-refractivity contribution is 5.55. The maximum absolute atomic E-state index is 6.06. The molecule has 0 aliphatic carbocycles. The number of likely N-dealkylation sites (tertiary alicyclic amines) is 1. The van der Waals surface area contributed by atoms with Crippen LogP contribution in [0.3, 0.4) is 0 Å². The fraction of sp³-hybridized carbons (Fsp3) is 0.529. The third kappa shape index (κ3) is 4.30. The van der Waals surface area contributed by atoms with Crippen LogP contribution in [0.1, 0.15) is 25.1 Å². The van der Waals surface area contributed by atoms with Crippen molar-refractivity contribution in [2.24, 2.45) is 5.73 Å². The first-order valence-corrected chi connectivity index (χ1v) is 8.31. The molecule has 1 aliphatic heterocycles. The van der Waals surface area contributed by atoms with Crippen molar-refractivity contribution in [3.05, 3.63) is 30.1 Å². The third-order valence-electron chi connectivity index (χ3n) is 4.23. The standard InChI is InChI=1S/C17H25N5O/c1-22-11-8-15(9-12-22)23-14-6-4-13(5-7-14)17-19-16(20-21-17)3-2-10-18/h4-7,15H,2-3,8-12,18H2,1H3,(H,19,20,21). The summed E-state index contributed by atoms with van der Waals surface area (Å²) in [6, 6.07) is 8.04. The Morgan fingerprint density at radius 2 is 2.00 bits per heavy atom. The molecule has 0 amide bonds. The minimum Gasteiger partial charge on any atom is -0.490 e. The molecule has 6 nitrogen and oxygen atoms in total. The molecule has 3 N–H and O–H groups in total. The van der Waals surface area contributed by atoms with E-state index in [1.54, 1.807) is 0 Å². The number of hydrogen-bond acceptors (Lipinski definition) is 5. The Balaban J connectivity index is 1.59. The molecule has 1 saturated heterocycles. The number of aromatic nitrogens is 3. The van der Waals surface area contributed by atoms with Gasteiger partial charge in [0, 0.05) is 25.1 Å². The van der Waals surface area contributed by atoms with Gasteiger partial charge in [0.1, 0.15) is 17.7 Å². The minimum atomic E-state index is 0.323. The molecule has 6 heteroatoms. The van der Waals surface area contributed by atoms with E-state index in [1.807, 2.05) is 24.3 Å². The van der Waals surface area contributed by atoms with E-state index in [2.05, 4.69) is 27.1 Å². The first-order chi connectivity index (χ1) is 11.2. The second-order valence-electron chi connectivity index (χ2n) is 6.14. The van der Waals surface area contributed by atoms with Gasteiger partial charge in [-0.2, -0.15) is 5.10 Å². The van der Waals surface area contributed by atoms with Gasteiger partial charge in [-0.05, 0) is 57.1 Å². The minimum absolute atomic E-state index is 0.323. The SMILES string of the molecule is CN1CCC(Oc2ccc(-c3n[nH]c(CCCN)n3)cc2)CC1. The van der Waals surface area contributed by atoms with Crippen LogP contribution in [0.2, 0.25) is 0 Å². The molecule has 2 heterocycles. The number of H-pyrrole nitrogens is 1. The van der Waals surface area contributed by atoms with Gasteiger partial charge in [0.05, 0.1) is 0 Å². The summed E-state index contributed by atoms with van der Waals surface area (Å²) in [5.74, 6) is 2.53. The molecule has 0 unspecified atom stereocenters. The summed E-state index contributed by atoms with van der Waals surface area (Å²) in [6.45, 7) is 2.87. The smallest absolute Gasteiger partial charge is 0.181 e. The van der Waals surface area contributed by atoms with Gasteiger partial charge in [-0.3, -0.25) is 5.10 Å². The summed E-state index contributed by atoms with van der Waals surface area (Å²) < 4.78 is 6.06. The van der Waals surface area contributed by atoms with E-state index in [4.69, 9.17) is 10.5 Å². The van der Waals surface area contributed by atoms with Crippen LogP contribution in [-0.4, -0.2) is 52.9 Å². The van der Waals surface area contributed by atoms with E-state index < -0.39 is 0 Å². The molecule has 1 fully saturated rings. The number of rotatable bonds is 6. The van der Waals surface area contributed by atoms with Gasteiger partial charge in [-0.25, -0.2) is 4.98 Å². The van der Waals surface area contributed by atoms with Gasteiger partial charge in [-0.1, -0.05) is 0 Å². The number of benzene rings is 1. The molecule has 124 valence electrons. The van der Waals surface area contributed by atoms with Crippen LogP contribution in [-0.2, 0) is 6.42 Å². The number of hydrogen-bond donors (Lipinski definition) is 2. The van der Waals surface area contributed by atoms with Crippen molar-refractivity contribution < 1.29 is 4.74 Å². The molecule has 1 aliphatic rings. The molecule has 1 aromatic carbocycles. The first-order valence-electron chi connectivity index (χ1n) is 8.31. The van der Waals surface area contributed by atoms with Crippen LogP contribution in [0.4, 0.5) is 0 Å². The van der Waals surface area contributed by atoms with Crippen LogP contribution in [0.15, 0.2) is 24.3 Å². The van der Waals surface area contributed by atoms with E-state index in [1.165, 1.54) is 0 Å². The monoisotopic (exact) mass is 315 g/mol. The summed E-state index contributed by atoms with van der Waals surface area (Å²) in [5, 5.41) is 7.24. The highest BCUT2D eigenvalue weighted by atomic mass is 16.5. The highest BCUT2D eigenvalue weighted by Gasteiger charge is 2.18. The lowest BCUT2D eigenvalue weighted by atomic mass is 10.1. The summed E-state index contributed by atoms with van der Waals surface area (Å²) >= 11 is 0. The molecule has 0 saturated carbocycles. The molecular formula is C17H25N5O. The van der Waals surface area contributed by atoms with Gasteiger partial charge >= 0.3 is 0 Å². The van der Waals surface area contributed by atoms with E-state index in [0.29, 0.717) is 12.6 Å². The van der Waals surface area contributed by atoms with Crippen LogP contribution in [0.25, 0.3) is 11.4 Å². The molecule has 23 heavy (non-hydrogen) atoms. The van der Waals surface area contributed by atoms with Crippen LogP contribution in [0, 0.1) is 0 Å². The molecule has 0 bridgehead atoms. The van der Waals surface area contributed by atoms with Crippen molar-refractivity contribution in [3.63, 3.8) is 0 Å². The maximum atomic E-state index is 6.06. The summed E-state index contributed by atoms with van der Waals surface area (Å²) in [6.07, 6.45) is 4.25. The van der Waals surface area contributed by atoms with E-state index in [-0.39, 0.29) is 0 Å². The summed E-state index contributed by atoms with van der Waals surface area (Å²) in [4.78, 5) is 6.84. The molecule has 0 atom stereocenters. The van der Waals surface area contributed by atoms with Gasteiger partial charge in [0.2, 0.25) is 0 Å². The van der Waals surface area contributed by atoms with Crippen molar-refractivity contribution in [2.45, 2.75) is 31.8 Å². The predicted octanol–water partition coefficient (Wildman–Crippen LogP) is 1.84. The lowest BCUT2D eigenvalue weighted by Crippen LogP contribution is -2.35. The molecule has 0 radical (unpaired) electrons. The Morgan fingerprint density at radius 1 is 1.26 bits per heavy atom. The van der Waals surface area contributed by atoms with Crippen molar-refractivity contribution >= 4 is 0 Å². The lowest BCUT2D eigenvalue weighted by molar-refractivity contribution is 0.114. The zero-order valence-corrected chi connectivity index (χ0v) is 13.7. The van der Waals surface area contributed by atoms with Crippen molar-refractivity contribution in [1.82, 2.24) is 20.1 Å². The zero-order chi connectivity index (χ0) is 16.1. The molecule has 1 aromatic heterocycles. The van der Waals surface area contributed by atoms with Crippen molar-refractivity contribution in [3.8, 4) is 17.1 Å². The Morgan fingerprint density at radius 3 is 2.70 bits per heavy atom. The quantitative estimate of drug-likeness (QED) is 0.850. The number of aryl methyl sites for hydroxylation is 1. The Labute approximate surface area is 137 Å². The highest BCUT2D eigenvalue weighted by Crippen LogP contribution is 2.22. The molecule has 0 spiro atoms. The van der Waals surface area contributed by atoms with Crippen LogP contribution >= 0.6 is 0 Å². The maximum Gasteiger partial charge on any atom is 0.181 e. The average molecular weight is 315 g/mol. The third-order valence-corrected chi connectivity index (χ3v) is 4.23. The fourth-order valence-corrected chi connectivity index (χ4v) is 2.78. The number of nitrogens with two attached hydrogens (primary N) is 1. The topological polar surface area (TPSA) is 80.1 Å². The van der Waals surface area contributed by atoms with Crippen LogP contribution in [0.5, 0.6) is 5.75 Å². The van der Waals surface area contributed by atoms with Gasteiger partial charge < -0.3 is 15.4 Å². The van der Waals surface area contributed by atoms with Crippen molar-refractivity contribution in [1.29, 1.82) is 0 Å². The first kappa shape index (κ1) is 16.0. The normalized spacial score (nSPS) is 16.6. The Kier molecular flexibility index (Phi) is 5.25. The van der Waals surface area contributed by atoms with Gasteiger partial charge in [-0.15, -0.1) is 0 Å². The van der Waals surface area contributed by atoms with E-state index >= 15 is 0 Å². The van der Waals surface area contributed by atoms with E-state index in [9.17, 15) is 0 Å². The zero-order valence-electron chi connectivity index (χ0n) is 13.7. The fourth-order valence-electron chi connectivity index (χ4n) is 2.78. The summed E-state index contributed by atoms with van der Waals surface area (Å²) in [7, 11) is 2.16. The number of nitrogens with zero attached hydrogens (tertiary/aromatic N) is 3. The summed E-state index contributed by atoms with van der Waals surface area (Å²) in [5.41, 5.74) is 6.51. The number of piperidine rings is 1. The van der Waals surface area contributed by atoms with Gasteiger partial charge in [0.25, 0.3) is 0 Å². The number of nitrogens with one attached hydrogen (secondary N) is 1. The predicted molar refractivity (Wildman–Crippen MR) is 90.3 cm³/mol. The molecule has 2 aromatic rings. The number of aromatic amines is 1. The molecular weight excluding hydrogens is 290 g/mol. The second kappa shape index (κ2) is 7.57. The van der Waals surface area contributed by atoms with Gasteiger partial charge in [0.15, 0.2) is 5.82 Å². The largest absolute Gasteiger partial charge is 0.490 e. The van der Waals surface area contributed by atoms with E-state index in [0.717, 1.165) is 61.7 Å². The second-order valence-corrected chi connectivity index (χ2v) is 6.14. The Bertz CT molecular complexity index is 602. The lowest BCUT2D eigenvalue weighted by Gasteiger charge is -2.29. The molecule has 3 rings (SSSR count). The average Bonchev–Trinajstić information content (AvgIpc) is 3.05. The Hall–Kier alpha value is -1.92. The number of ether oxygens (including phenoxy) is 1. The van der Waals surface area contributed by atoms with Crippen molar-refractivity contribution in [2.75, 3.05) is 26.7 Å².